The van der Waals surface area contributed by atoms with E-state index in [0.29, 0.717) is 0 Å². The molecular weight excluding hydrogens is 278 g/mol. The van der Waals surface area contributed by atoms with Gasteiger partial charge in [-0.05, 0) is 47.9 Å². The first kappa shape index (κ1) is 14.0. The second kappa shape index (κ2) is 6.24. The number of thiophene rings is 1. The van der Waals surface area contributed by atoms with Gasteiger partial charge in [-0.2, -0.15) is 16.4 Å². The Hall–Kier alpha value is -1.91. The number of aryl methyl sites for hydroxylation is 1. The van der Waals surface area contributed by atoms with Crippen molar-refractivity contribution in [2.45, 2.75) is 26.4 Å². The molecule has 108 valence electrons. The van der Waals surface area contributed by atoms with Crippen LogP contribution in [0.3, 0.4) is 0 Å². The van der Waals surface area contributed by atoms with Crippen LogP contribution in [-0.2, 0) is 6.54 Å². The summed E-state index contributed by atoms with van der Waals surface area (Å²) in [5.74, 6) is 0. The predicted molar refractivity (Wildman–Crippen MR) is 87.9 cm³/mol. The second-order valence-electron chi connectivity index (χ2n) is 5.24. The highest BCUT2D eigenvalue weighted by molar-refractivity contribution is 7.08. The summed E-state index contributed by atoms with van der Waals surface area (Å²) in [7, 11) is 0. The van der Waals surface area contributed by atoms with Gasteiger partial charge in [-0.1, -0.05) is 18.2 Å². The molecule has 1 atom stereocenters. The number of hydrogen-bond acceptors (Lipinski definition) is 3. The number of nitrogens with one attached hydrogen (secondary N) is 1. The van der Waals surface area contributed by atoms with Crippen LogP contribution in [0.2, 0.25) is 0 Å². The lowest BCUT2D eigenvalue weighted by Crippen LogP contribution is -2.17. The van der Waals surface area contributed by atoms with Gasteiger partial charge in [-0.15, -0.1) is 0 Å². The van der Waals surface area contributed by atoms with Gasteiger partial charge in [0.05, 0.1) is 11.9 Å². The molecule has 0 aliphatic carbocycles. The topological polar surface area (TPSA) is 29.9 Å². The summed E-state index contributed by atoms with van der Waals surface area (Å²) in [5, 5.41) is 12.4. The zero-order valence-corrected chi connectivity index (χ0v) is 13.1. The van der Waals surface area contributed by atoms with Crippen LogP contribution in [0.1, 0.15) is 29.7 Å². The highest BCUT2D eigenvalue weighted by atomic mass is 32.1. The fraction of sp³-hybridized carbons (Fsp3) is 0.235. The Morgan fingerprint density at radius 2 is 2.05 bits per heavy atom. The Bertz CT molecular complexity index is 700. The largest absolute Gasteiger partial charge is 0.306 e. The van der Waals surface area contributed by atoms with Crippen molar-refractivity contribution in [2.75, 3.05) is 0 Å². The fourth-order valence-corrected chi connectivity index (χ4v) is 3.09. The number of hydrogen-bond donors (Lipinski definition) is 1. The number of benzene rings is 1. The van der Waals surface area contributed by atoms with Gasteiger partial charge >= 0.3 is 0 Å². The molecule has 1 unspecified atom stereocenters. The van der Waals surface area contributed by atoms with Crippen LogP contribution in [0, 0.1) is 6.92 Å². The van der Waals surface area contributed by atoms with Crippen LogP contribution in [0.25, 0.3) is 5.69 Å². The summed E-state index contributed by atoms with van der Waals surface area (Å²) < 4.78 is 1.92. The van der Waals surface area contributed by atoms with E-state index in [2.05, 4.69) is 53.4 Å². The highest BCUT2D eigenvalue weighted by Crippen LogP contribution is 2.17. The van der Waals surface area contributed by atoms with E-state index in [1.807, 2.05) is 29.1 Å². The molecule has 1 N–H and O–H groups in total. The van der Waals surface area contributed by atoms with Crippen molar-refractivity contribution in [3.63, 3.8) is 0 Å². The van der Waals surface area contributed by atoms with Crippen molar-refractivity contribution >= 4 is 11.3 Å². The average molecular weight is 297 g/mol. The molecule has 0 spiro atoms. The first-order chi connectivity index (χ1) is 10.2. The van der Waals surface area contributed by atoms with Crippen LogP contribution in [0.15, 0.2) is 53.5 Å². The molecule has 3 rings (SSSR count). The van der Waals surface area contributed by atoms with Gasteiger partial charge in [0, 0.05) is 24.3 Å². The fourth-order valence-electron chi connectivity index (χ4n) is 2.23. The number of rotatable bonds is 5. The van der Waals surface area contributed by atoms with Crippen molar-refractivity contribution in [3.05, 3.63) is 70.2 Å². The van der Waals surface area contributed by atoms with Crippen LogP contribution >= 0.6 is 11.3 Å². The summed E-state index contributed by atoms with van der Waals surface area (Å²) in [5.41, 5.74) is 5.03. The minimum absolute atomic E-state index is 0.279. The molecule has 0 amide bonds. The third kappa shape index (κ3) is 3.23. The number of nitrogens with zero attached hydrogens (tertiary/aromatic N) is 2. The van der Waals surface area contributed by atoms with Gasteiger partial charge in [-0.3, -0.25) is 0 Å². The monoisotopic (exact) mass is 297 g/mol. The normalized spacial score (nSPS) is 12.5. The molecule has 1 aromatic carbocycles. The molecule has 0 radical (unpaired) electrons. The molecular formula is C17H19N3S. The molecule has 0 saturated carbocycles. The Balaban J connectivity index is 1.67. The quantitative estimate of drug-likeness (QED) is 0.768. The summed E-state index contributed by atoms with van der Waals surface area (Å²) in [6.07, 6.45) is 4.03. The maximum absolute atomic E-state index is 4.45. The lowest BCUT2D eigenvalue weighted by atomic mass is 10.1. The van der Waals surface area contributed by atoms with E-state index < -0.39 is 0 Å². The zero-order valence-electron chi connectivity index (χ0n) is 12.3. The van der Waals surface area contributed by atoms with Crippen molar-refractivity contribution in [1.29, 1.82) is 0 Å². The van der Waals surface area contributed by atoms with E-state index in [0.717, 1.165) is 12.2 Å². The van der Waals surface area contributed by atoms with Crippen molar-refractivity contribution < 1.29 is 0 Å². The Morgan fingerprint density at radius 3 is 2.76 bits per heavy atom. The summed E-state index contributed by atoms with van der Waals surface area (Å²) in [6.45, 7) is 5.23. The first-order valence-corrected chi connectivity index (χ1v) is 8.03. The van der Waals surface area contributed by atoms with Gasteiger partial charge in [0.1, 0.15) is 0 Å². The average Bonchev–Trinajstić information content (AvgIpc) is 3.15. The molecule has 21 heavy (non-hydrogen) atoms. The van der Waals surface area contributed by atoms with E-state index in [4.69, 9.17) is 0 Å². The van der Waals surface area contributed by atoms with Gasteiger partial charge in [0.2, 0.25) is 0 Å². The number of aromatic nitrogens is 2. The van der Waals surface area contributed by atoms with E-state index in [-0.39, 0.29) is 6.04 Å². The molecule has 0 aliphatic rings. The summed E-state index contributed by atoms with van der Waals surface area (Å²) in [4.78, 5) is 0. The maximum Gasteiger partial charge on any atom is 0.0645 e. The summed E-state index contributed by atoms with van der Waals surface area (Å²) >= 11 is 1.76. The summed E-state index contributed by atoms with van der Waals surface area (Å²) in [6, 6.07) is 10.5. The van der Waals surface area contributed by atoms with Gasteiger partial charge in [0.15, 0.2) is 0 Å². The second-order valence-corrected chi connectivity index (χ2v) is 5.98. The molecule has 4 heteroatoms. The molecule has 0 aliphatic heterocycles. The maximum atomic E-state index is 4.45. The van der Waals surface area contributed by atoms with Gasteiger partial charge in [-0.25, -0.2) is 4.68 Å². The highest BCUT2D eigenvalue weighted by Gasteiger charge is 2.09. The Morgan fingerprint density at radius 1 is 1.24 bits per heavy atom. The zero-order chi connectivity index (χ0) is 14.7. The van der Waals surface area contributed by atoms with E-state index >= 15 is 0 Å². The van der Waals surface area contributed by atoms with Crippen molar-refractivity contribution in [2.24, 2.45) is 0 Å². The van der Waals surface area contributed by atoms with E-state index in [9.17, 15) is 0 Å². The molecule has 0 fully saturated rings. The van der Waals surface area contributed by atoms with Gasteiger partial charge in [0.25, 0.3) is 0 Å². The molecule has 3 nitrogen and oxygen atoms in total. The van der Waals surface area contributed by atoms with E-state index in [1.165, 1.54) is 16.7 Å². The smallest absolute Gasteiger partial charge is 0.0645 e. The Kier molecular flexibility index (Phi) is 4.18. The molecule has 2 heterocycles. The minimum Gasteiger partial charge on any atom is -0.306 e. The van der Waals surface area contributed by atoms with Crippen molar-refractivity contribution in [1.82, 2.24) is 15.1 Å². The number of para-hydroxylation sites is 1. The van der Waals surface area contributed by atoms with E-state index in [1.54, 1.807) is 11.3 Å². The van der Waals surface area contributed by atoms with Gasteiger partial charge < -0.3 is 5.32 Å². The Labute approximate surface area is 129 Å². The lowest BCUT2D eigenvalue weighted by molar-refractivity contribution is 0.574. The van der Waals surface area contributed by atoms with Crippen molar-refractivity contribution in [3.8, 4) is 5.69 Å². The van der Waals surface area contributed by atoms with Crippen LogP contribution < -0.4 is 5.32 Å². The molecule has 3 aromatic rings. The van der Waals surface area contributed by atoms with Crippen LogP contribution in [-0.4, -0.2) is 9.78 Å². The SMILES string of the molecule is Cc1cscc1CNC(C)c1cnn(-c2ccccc2)c1. The van der Waals surface area contributed by atoms with Crippen LogP contribution in [0.5, 0.6) is 0 Å². The lowest BCUT2D eigenvalue weighted by Gasteiger charge is -2.11. The minimum atomic E-state index is 0.279. The van der Waals surface area contributed by atoms with Crippen LogP contribution in [0.4, 0.5) is 0 Å². The molecule has 0 bridgehead atoms. The standard InChI is InChI=1S/C17H19N3S/c1-13-11-21-12-16(13)8-18-14(2)15-9-19-20(10-15)17-6-4-3-5-7-17/h3-7,9-12,14,18H,8H2,1-2H3. The molecule has 2 aromatic heterocycles. The molecule has 0 saturated heterocycles. The third-order valence-corrected chi connectivity index (χ3v) is 4.59. The first-order valence-electron chi connectivity index (χ1n) is 7.09. The predicted octanol–water partition coefficient (Wildman–Crippen LogP) is 4.09. The third-order valence-electron chi connectivity index (χ3n) is 3.68.